The second-order valence-electron chi connectivity index (χ2n) is 5.76. The normalized spacial score (nSPS) is 20.2. The minimum Gasteiger partial charge on any atom is -0.481 e. The van der Waals surface area contributed by atoms with E-state index in [1.54, 1.807) is 0 Å². The van der Waals surface area contributed by atoms with E-state index >= 15 is 0 Å². The molecule has 1 aromatic carbocycles. The van der Waals surface area contributed by atoms with Crippen LogP contribution in [-0.2, 0) is 4.79 Å². The van der Waals surface area contributed by atoms with Crippen molar-refractivity contribution in [2.75, 3.05) is 5.75 Å². The predicted octanol–water partition coefficient (Wildman–Crippen LogP) is 3.84. The highest BCUT2D eigenvalue weighted by Crippen LogP contribution is 2.57. The number of carboxylic acids is 1. The highest BCUT2D eigenvalue weighted by atomic mass is 35.5. The lowest BCUT2D eigenvalue weighted by molar-refractivity contribution is -0.133. The predicted molar refractivity (Wildman–Crippen MR) is 80.5 cm³/mol. The molecule has 0 spiro atoms. The molecule has 1 unspecified atom stereocenters. The van der Waals surface area contributed by atoms with Crippen LogP contribution in [0, 0.1) is 5.41 Å². The number of thioether (sulfide) groups is 1. The fourth-order valence-electron chi connectivity index (χ4n) is 2.48. The number of benzene rings is 1. The number of hydrogen-bond donors (Lipinski definition) is 1. The Morgan fingerprint density at radius 2 is 2.30 bits per heavy atom. The van der Waals surface area contributed by atoms with Crippen LogP contribution in [0.3, 0.4) is 0 Å². The molecule has 0 aliphatic heterocycles. The summed E-state index contributed by atoms with van der Waals surface area (Å²) >= 11 is 7.57. The average Bonchev–Trinajstić information content (AvgIpc) is 2.83. The van der Waals surface area contributed by atoms with Gasteiger partial charge in [0.25, 0.3) is 0 Å². The number of fused-ring (bicyclic) bond motifs is 1. The van der Waals surface area contributed by atoms with Crippen LogP contribution in [0.1, 0.15) is 26.3 Å². The minimum absolute atomic E-state index is 0.00803. The van der Waals surface area contributed by atoms with Gasteiger partial charge < -0.3 is 9.67 Å². The molecule has 1 saturated carbocycles. The second kappa shape index (κ2) is 4.67. The molecule has 0 saturated heterocycles. The molecule has 0 bridgehead atoms. The van der Waals surface area contributed by atoms with E-state index < -0.39 is 5.97 Å². The molecule has 2 aromatic rings. The topological polar surface area (TPSA) is 55.1 Å². The average molecular weight is 311 g/mol. The number of aliphatic carboxylic acids is 1. The van der Waals surface area contributed by atoms with Gasteiger partial charge in [0.15, 0.2) is 5.16 Å². The molecule has 1 heterocycles. The summed E-state index contributed by atoms with van der Waals surface area (Å²) in [5.74, 6) is -0.830. The smallest absolute Gasteiger partial charge is 0.313 e. The third-order valence-corrected chi connectivity index (χ3v) is 4.97. The third-order valence-electron chi connectivity index (χ3n) is 3.73. The van der Waals surface area contributed by atoms with Gasteiger partial charge in [0.2, 0.25) is 0 Å². The number of para-hydroxylation sites is 1. The zero-order valence-corrected chi connectivity index (χ0v) is 12.8. The van der Waals surface area contributed by atoms with Crippen LogP contribution in [0.25, 0.3) is 11.0 Å². The molecule has 4 nitrogen and oxygen atoms in total. The molecule has 1 aromatic heterocycles. The maximum Gasteiger partial charge on any atom is 0.313 e. The van der Waals surface area contributed by atoms with Gasteiger partial charge in [-0.15, -0.1) is 0 Å². The van der Waals surface area contributed by atoms with Gasteiger partial charge >= 0.3 is 5.97 Å². The van der Waals surface area contributed by atoms with Gasteiger partial charge in [0, 0.05) is 6.04 Å². The first-order valence-electron chi connectivity index (χ1n) is 6.41. The number of carbonyl (C=O) groups is 1. The Bertz CT molecular complexity index is 696. The molecule has 1 fully saturated rings. The summed E-state index contributed by atoms with van der Waals surface area (Å²) < 4.78 is 2.12. The first-order chi connectivity index (χ1) is 9.40. The Labute approximate surface area is 126 Å². The van der Waals surface area contributed by atoms with Gasteiger partial charge in [-0.2, -0.15) is 0 Å². The summed E-state index contributed by atoms with van der Waals surface area (Å²) in [5.41, 5.74) is 1.96. The summed E-state index contributed by atoms with van der Waals surface area (Å²) in [6, 6.07) is 5.97. The van der Waals surface area contributed by atoms with E-state index in [4.69, 9.17) is 16.7 Å². The standard InChI is InChI=1S/C14H15ClN2O2S/c1-14(2)6-10(14)17-12-8(15)4-3-5-9(12)16-13(17)20-7-11(18)19/h3-5,10H,6-7H2,1-2H3,(H,18,19). The van der Waals surface area contributed by atoms with Crippen molar-refractivity contribution in [1.29, 1.82) is 0 Å². The van der Waals surface area contributed by atoms with Crippen molar-refractivity contribution in [2.24, 2.45) is 5.41 Å². The Morgan fingerprint density at radius 3 is 2.90 bits per heavy atom. The van der Waals surface area contributed by atoms with Gasteiger partial charge in [-0.3, -0.25) is 4.79 Å². The summed E-state index contributed by atoms with van der Waals surface area (Å²) in [6.45, 7) is 4.40. The lowest BCUT2D eigenvalue weighted by atomic mass is 10.2. The number of carboxylic acid groups (broad SMARTS) is 1. The summed E-state index contributed by atoms with van der Waals surface area (Å²) in [5, 5.41) is 10.3. The maximum absolute atomic E-state index is 10.8. The Balaban J connectivity index is 2.11. The van der Waals surface area contributed by atoms with Gasteiger partial charge in [-0.1, -0.05) is 43.3 Å². The van der Waals surface area contributed by atoms with Crippen LogP contribution >= 0.6 is 23.4 Å². The minimum atomic E-state index is -0.838. The number of nitrogens with zero attached hydrogens (tertiary/aromatic N) is 2. The van der Waals surface area contributed by atoms with Crippen molar-refractivity contribution in [3.8, 4) is 0 Å². The molecule has 0 amide bonds. The van der Waals surface area contributed by atoms with Crippen LogP contribution in [-0.4, -0.2) is 26.4 Å². The molecule has 0 radical (unpaired) electrons. The third kappa shape index (κ3) is 2.29. The Morgan fingerprint density at radius 1 is 1.60 bits per heavy atom. The van der Waals surface area contributed by atoms with Crippen molar-refractivity contribution in [1.82, 2.24) is 9.55 Å². The lowest BCUT2D eigenvalue weighted by Crippen LogP contribution is -2.05. The van der Waals surface area contributed by atoms with Crippen molar-refractivity contribution in [3.05, 3.63) is 23.2 Å². The summed E-state index contributed by atoms with van der Waals surface area (Å²) in [4.78, 5) is 15.3. The number of rotatable bonds is 4. The van der Waals surface area contributed by atoms with Crippen LogP contribution in [0.5, 0.6) is 0 Å². The molecular weight excluding hydrogens is 296 g/mol. The van der Waals surface area contributed by atoms with Crippen LogP contribution in [0.15, 0.2) is 23.4 Å². The fraction of sp³-hybridized carbons (Fsp3) is 0.429. The molecule has 1 aliphatic carbocycles. The molecular formula is C14H15ClN2O2S. The van der Waals surface area contributed by atoms with Crippen molar-refractivity contribution >= 4 is 40.4 Å². The first-order valence-corrected chi connectivity index (χ1v) is 7.77. The van der Waals surface area contributed by atoms with Crippen LogP contribution in [0.2, 0.25) is 5.02 Å². The van der Waals surface area contributed by atoms with E-state index in [0.29, 0.717) is 11.1 Å². The van der Waals surface area contributed by atoms with E-state index in [0.717, 1.165) is 22.6 Å². The lowest BCUT2D eigenvalue weighted by Gasteiger charge is -2.11. The summed E-state index contributed by atoms with van der Waals surface area (Å²) in [6.07, 6.45) is 1.06. The van der Waals surface area contributed by atoms with Gasteiger partial charge in [0.05, 0.1) is 21.8 Å². The number of aromatic nitrogens is 2. The van der Waals surface area contributed by atoms with Gasteiger partial charge in [0.1, 0.15) is 0 Å². The maximum atomic E-state index is 10.8. The highest BCUT2D eigenvalue weighted by molar-refractivity contribution is 7.99. The highest BCUT2D eigenvalue weighted by Gasteiger charge is 2.48. The number of hydrogen-bond acceptors (Lipinski definition) is 3. The van der Waals surface area contributed by atoms with Crippen molar-refractivity contribution in [2.45, 2.75) is 31.5 Å². The van der Waals surface area contributed by atoms with Crippen LogP contribution in [0.4, 0.5) is 0 Å². The van der Waals surface area contributed by atoms with E-state index in [-0.39, 0.29) is 11.2 Å². The molecule has 20 heavy (non-hydrogen) atoms. The largest absolute Gasteiger partial charge is 0.481 e. The van der Waals surface area contributed by atoms with Crippen molar-refractivity contribution in [3.63, 3.8) is 0 Å². The van der Waals surface area contributed by atoms with Crippen LogP contribution < -0.4 is 0 Å². The first kappa shape index (κ1) is 13.8. The van der Waals surface area contributed by atoms with E-state index in [2.05, 4.69) is 23.4 Å². The summed E-state index contributed by atoms with van der Waals surface area (Å²) in [7, 11) is 0. The zero-order chi connectivity index (χ0) is 14.5. The molecule has 1 aliphatic rings. The van der Waals surface area contributed by atoms with Gasteiger partial charge in [-0.25, -0.2) is 4.98 Å². The van der Waals surface area contributed by atoms with E-state index in [9.17, 15) is 4.79 Å². The quantitative estimate of drug-likeness (QED) is 0.872. The second-order valence-corrected chi connectivity index (χ2v) is 7.11. The molecule has 1 N–H and O–H groups in total. The Kier molecular flexibility index (Phi) is 3.21. The molecule has 106 valence electrons. The fourth-order valence-corrected chi connectivity index (χ4v) is 3.52. The van der Waals surface area contributed by atoms with Gasteiger partial charge in [-0.05, 0) is 24.0 Å². The monoisotopic (exact) mass is 310 g/mol. The number of halogens is 1. The SMILES string of the molecule is CC1(C)CC1n1c(SCC(=O)O)nc2cccc(Cl)c21. The Hall–Kier alpha value is -1.20. The van der Waals surface area contributed by atoms with E-state index in [1.807, 2.05) is 18.2 Å². The molecule has 6 heteroatoms. The zero-order valence-electron chi connectivity index (χ0n) is 11.3. The number of imidazole rings is 1. The molecule has 1 atom stereocenters. The van der Waals surface area contributed by atoms with E-state index in [1.165, 1.54) is 11.8 Å². The van der Waals surface area contributed by atoms with Crippen molar-refractivity contribution < 1.29 is 9.90 Å². The molecule has 3 rings (SSSR count).